The second kappa shape index (κ2) is 11.4. The Labute approximate surface area is 191 Å². The zero-order chi connectivity index (χ0) is 23.0. The molecule has 1 amide bonds. The van der Waals surface area contributed by atoms with Crippen molar-refractivity contribution < 1.29 is 24.0 Å². The van der Waals surface area contributed by atoms with E-state index in [0.717, 1.165) is 44.8 Å². The number of carbonyl (C=O) groups is 2. The number of esters is 1. The minimum atomic E-state index is -0.710. The van der Waals surface area contributed by atoms with Crippen LogP contribution in [0.5, 0.6) is 0 Å². The summed E-state index contributed by atoms with van der Waals surface area (Å²) in [5, 5.41) is 13.9. The molecule has 1 saturated carbocycles. The number of halogens is 1. The number of nitrogens with one attached hydrogen (secondary N) is 1. The molecule has 0 atom stereocenters. The fraction of sp³-hybridized carbons (Fsp3) is 0.545. The highest BCUT2D eigenvalue weighted by atomic mass is 35.5. The first-order chi connectivity index (χ1) is 15.4. The van der Waals surface area contributed by atoms with Crippen molar-refractivity contribution in [3.05, 3.63) is 45.0 Å². The Kier molecular flexibility index (Phi) is 8.60. The van der Waals surface area contributed by atoms with Gasteiger partial charge in [0.25, 0.3) is 11.6 Å². The normalized spacial score (nSPS) is 18.9. The molecular formula is C22H28ClN3O6. The lowest BCUT2D eigenvalue weighted by Crippen LogP contribution is -2.59. The monoisotopic (exact) mass is 465 g/mol. The maximum atomic E-state index is 12.3. The molecule has 0 aromatic heterocycles. The van der Waals surface area contributed by atoms with Gasteiger partial charge in [0.1, 0.15) is 5.02 Å². The molecule has 32 heavy (non-hydrogen) atoms. The van der Waals surface area contributed by atoms with Crippen LogP contribution in [0, 0.1) is 10.1 Å². The highest BCUT2D eigenvalue weighted by Crippen LogP contribution is 2.33. The largest absolute Gasteiger partial charge is 0.452 e. The number of morpholine rings is 1. The molecule has 0 spiro atoms. The molecule has 1 aromatic rings. The minimum Gasteiger partial charge on any atom is -0.452 e. The molecule has 1 aromatic carbocycles. The fourth-order valence-electron chi connectivity index (χ4n) is 4.29. The number of benzene rings is 1. The van der Waals surface area contributed by atoms with Crippen LogP contribution in [0.15, 0.2) is 24.3 Å². The summed E-state index contributed by atoms with van der Waals surface area (Å²) in [6.07, 6.45) is 8.04. The van der Waals surface area contributed by atoms with Gasteiger partial charge in [0, 0.05) is 37.3 Å². The van der Waals surface area contributed by atoms with Gasteiger partial charge in [-0.3, -0.25) is 19.8 Å². The zero-order valence-electron chi connectivity index (χ0n) is 17.9. The molecule has 3 rings (SSSR count). The van der Waals surface area contributed by atoms with E-state index in [1.54, 1.807) is 6.07 Å². The molecular weight excluding hydrogens is 438 g/mol. The summed E-state index contributed by atoms with van der Waals surface area (Å²) in [5.41, 5.74) is 0.107. The minimum absolute atomic E-state index is 0.0132. The average Bonchev–Trinajstić information content (AvgIpc) is 2.82. The lowest BCUT2D eigenvalue weighted by molar-refractivity contribution is -0.384. The van der Waals surface area contributed by atoms with Crippen molar-refractivity contribution in [2.75, 3.05) is 39.5 Å². The third-order valence-corrected chi connectivity index (χ3v) is 6.32. The van der Waals surface area contributed by atoms with Crippen molar-refractivity contribution in [2.45, 2.75) is 37.6 Å². The number of ether oxygens (including phenoxy) is 2. The van der Waals surface area contributed by atoms with Crippen molar-refractivity contribution in [3.8, 4) is 0 Å². The van der Waals surface area contributed by atoms with Crippen LogP contribution in [0.3, 0.4) is 0 Å². The molecule has 1 N–H and O–H groups in total. The van der Waals surface area contributed by atoms with Crippen molar-refractivity contribution in [1.82, 2.24) is 10.2 Å². The van der Waals surface area contributed by atoms with Crippen LogP contribution in [-0.2, 0) is 19.1 Å². The molecule has 1 heterocycles. The fourth-order valence-corrected chi connectivity index (χ4v) is 4.48. The highest BCUT2D eigenvalue weighted by molar-refractivity contribution is 6.32. The summed E-state index contributed by atoms with van der Waals surface area (Å²) in [5.74, 6) is -1.06. The summed E-state index contributed by atoms with van der Waals surface area (Å²) >= 11 is 5.77. The Morgan fingerprint density at radius 2 is 1.97 bits per heavy atom. The van der Waals surface area contributed by atoms with Crippen molar-refractivity contribution in [2.24, 2.45) is 0 Å². The van der Waals surface area contributed by atoms with Gasteiger partial charge >= 0.3 is 5.97 Å². The molecule has 10 heteroatoms. The maximum Gasteiger partial charge on any atom is 0.331 e. The zero-order valence-corrected chi connectivity index (χ0v) is 18.6. The molecule has 0 unspecified atom stereocenters. The second-order valence-corrected chi connectivity index (χ2v) is 8.48. The summed E-state index contributed by atoms with van der Waals surface area (Å²) in [7, 11) is 0. The predicted molar refractivity (Wildman–Crippen MR) is 119 cm³/mol. The van der Waals surface area contributed by atoms with E-state index < -0.39 is 10.9 Å². The van der Waals surface area contributed by atoms with Crippen molar-refractivity contribution in [1.29, 1.82) is 0 Å². The molecule has 1 aliphatic heterocycles. The number of hydrogen-bond donors (Lipinski definition) is 1. The Balaban J connectivity index is 1.48. The van der Waals surface area contributed by atoms with Gasteiger partial charge in [-0.05, 0) is 30.5 Å². The quantitative estimate of drug-likeness (QED) is 0.272. The Morgan fingerprint density at radius 3 is 2.66 bits per heavy atom. The average molecular weight is 466 g/mol. The standard InChI is InChI=1S/C22H28ClN3O6/c23-18-6-4-17(14-19(18)26(29)30)5-7-21(28)32-15-20(27)24-16-22(8-2-1-3-9-22)25-10-12-31-13-11-25/h4-7,14H,1-3,8-13,15-16H2,(H,24,27)/b7-5+. The van der Waals surface area contributed by atoms with E-state index in [-0.39, 0.29) is 28.8 Å². The van der Waals surface area contributed by atoms with Gasteiger partial charge < -0.3 is 14.8 Å². The van der Waals surface area contributed by atoms with Crippen LogP contribution in [0.4, 0.5) is 5.69 Å². The SMILES string of the molecule is O=C(COC(=O)/C=C/c1ccc(Cl)c([N+](=O)[O-])c1)NCC1(N2CCOCC2)CCCCC1. The van der Waals surface area contributed by atoms with Crippen LogP contribution in [0.1, 0.15) is 37.7 Å². The van der Waals surface area contributed by atoms with E-state index in [1.807, 2.05) is 0 Å². The van der Waals surface area contributed by atoms with Gasteiger partial charge in [-0.15, -0.1) is 0 Å². The predicted octanol–water partition coefficient (Wildman–Crippen LogP) is 2.96. The smallest absolute Gasteiger partial charge is 0.331 e. The number of nitro groups is 1. The lowest BCUT2D eigenvalue weighted by Gasteiger charge is -2.48. The molecule has 2 fully saturated rings. The highest BCUT2D eigenvalue weighted by Gasteiger charge is 2.38. The molecule has 0 radical (unpaired) electrons. The summed E-state index contributed by atoms with van der Waals surface area (Å²) in [6, 6.07) is 4.18. The van der Waals surface area contributed by atoms with Crippen molar-refractivity contribution in [3.63, 3.8) is 0 Å². The summed E-state index contributed by atoms with van der Waals surface area (Å²) < 4.78 is 10.5. The third-order valence-electron chi connectivity index (χ3n) is 6.01. The first-order valence-corrected chi connectivity index (χ1v) is 11.2. The van der Waals surface area contributed by atoms with E-state index in [9.17, 15) is 19.7 Å². The van der Waals surface area contributed by atoms with Gasteiger partial charge in [0.05, 0.1) is 18.1 Å². The summed E-state index contributed by atoms with van der Waals surface area (Å²) in [4.78, 5) is 37.0. The second-order valence-electron chi connectivity index (χ2n) is 8.07. The van der Waals surface area contributed by atoms with Crippen LogP contribution >= 0.6 is 11.6 Å². The van der Waals surface area contributed by atoms with E-state index in [4.69, 9.17) is 21.1 Å². The lowest BCUT2D eigenvalue weighted by atomic mass is 9.79. The van der Waals surface area contributed by atoms with Gasteiger partial charge in [0.2, 0.25) is 0 Å². The Hall–Kier alpha value is -2.49. The first kappa shape index (κ1) is 24.2. The van der Waals surface area contributed by atoms with E-state index in [1.165, 1.54) is 24.6 Å². The number of carbonyl (C=O) groups excluding carboxylic acids is 2. The Bertz CT molecular complexity index is 863. The van der Waals surface area contributed by atoms with Crippen LogP contribution in [0.25, 0.3) is 6.08 Å². The van der Waals surface area contributed by atoms with E-state index >= 15 is 0 Å². The molecule has 9 nitrogen and oxygen atoms in total. The molecule has 1 saturated heterocycles. The van der Waals surface area contributed by atoms with E-state index in [2.05, 4.69) is 10.2 Å². The summed E-state index contributed by atoms with van der Waals surface area (Å²) in [6.45, 7) is 3.26. The number of hydrogen-bond acceptors (Lipinski definition) is 7. The third kappa shape index (κ3) is 6.51. The number of rotatable bonds is 8. The first-order valence-electron chi connectivity index (χ1n) is 10.8. The Morgan fingerprint density at radius 1 is 1.25 bits per heavy atom. The van der Waals surface area contributed by atoms with Crippen molar-refractivity contribution >= 4 is 35.2 Å². The van der Waals surface area contributed by atoms with Gasteiger partial charge in [-0.2, -0.15) is 0 Å². The van der Waals surface area contributed by atoms with Gasteiger partial charge in [-0.25, -0.2) is 4.79 Å². The number of nitrogens with zero attached hydrogens (tertiary/aromatic N) is 2. The topological polar surface area (TPSA) is 111 Å². The molecule has 1 aliphatic carbocycles. The van der Waals surface area contributed by atoms with Crippen LogP contribution < -0.4 is 5.32 Å². The number of nitro benzene ring substituents is 1. The van der Waals surface area contributed by atoms with Crippen LogP contribution in [0.2, 0.25) is 5.02 Å². The molecule has 174 valence electrons. The maximum absolute atomic E-state index is 12.3. The molecule has 2 aliphatic rings. The van der Waals surface area contributed by atoms with Crippen LogP contribution in [-0.4, -0.2) is 66.7 Å². The number of amides is 1. The van der Waals surface area contributed by atoms with Gasteiger partial charge in [-0.1, -0.05) is 36.9 Å². The molecule has 0 bridgehead atoms. The van der Waals surface area contributed by atoms with Gasteiger partial charge in [0.15, 0.2) is 6.61 Å². The van der Waals surface area contributed by atoms with E-state index in [0.29, 0.717) is 25.3 Å².